The van der Waals surface area contributed by atoms with Gasteiger partial charge in [0.25, 0.3) is 5.91 Å². The molecule has 1 aliphatic carbocycles. The van der Waals surface area contributed by atoms with Crippen LogP contribution in [0.1, 0.15) is 55.3 Å². The monoisotopic (exact) mass is 305 g/mol. The highest BCUT2D eigenvalue weighted by Gasteiger charge is 2.16. The summed E-state index contributed by atoms with van der Waals surface area (Å²) in [6.45, 7) is 0.361. The predicted molar refractivity (Wildman–Crippen MR) is 83.1 cm³/mol. The van der Waals surface area contributed by atoms with Gasteiger partial charge >= 0.3 is 5.97 Å². The quantitative estimate of drug-likeness (QED) is 0.759. The van der Waals surface area contributed by atoms with Crippen molar-refractivity contribution in [3.05, 3.63) is 29.8 Å². The van der Waals surface area contributed by atoms with Crippen molar-refractivity contribution < 1.29 is 19.4 Å². The maximum absolute atomic E-state index is 12.1. The molecule has 0 spiro atoms. The number of ether oxygens (including phenoxy) is 1. The number of amides is 1. The largest absolute Gasteiger partial charge is 0.494 e. The maximum atomic E-state index is 12.1. The van der Waals surface area contributed by atoms with Gasteiger partial charge in [0.2, 0.25) is 0 Å². The van der Waals surface area contributed by atoms with Gasteiger partial charge in [-0.15, -0.1) is 0 Å². The Balaban J connectivity index is 1.77. The molecule has 2 rings (SSSR count). The van der Waals surface area contributed by atoms with Crippen LogP contribution in [0.4, 0.5) is 0 Å². The number of benzene rings is 1. The molecule has 22 heavy (non-hydrogen) atoms. The molecule has 5 heteroatoms. The molecule has 1 aromatic rings. The highest BCUT2D eigenvalue weighted by atomic mass is 16.5. The van der Waals surface area contributed by atoms with Crippen LogP contribution in [-0.4, -0.2) is 29.6 Å². The third-order valence-corrected chi connectivity index (χ3v) is 3.86. The first-order chi connectivity index (χ1) is 10.6. The molecular weight excluding hydrogens is 282 g/mol. The number of carbonyl (C=O) groups excluding carboxylic acids is 1. The first kappa shape index (κ1) is 16.3. The zero-order valence-corrected chi connectivity index (χ0v) is 12.7. The van der Waals surface area contributed by atoms with Crippen molar-refractivity contribution in [3.63, 3.8) is 0 Å². The van der Waals surface area contributed by atoms with Crippen LogP contribution in [0, 0.1) is 0 Å². The van der Waals surface area contributed by atoms with Gasteiger partial charge in [0.1, 0.15) is 5.75 Å². The van der Waals surface area contributed by atoms with Crippen LogP contribution < -0.4 is 10.1 Å². The van der Waals surface area contributed by atoms with E-state index in [1.807, 2.05) is 0 Å². The SMILES string of the molecule is O=C(O)CCCOc1ccc(C(=O)NC2CCCCC2)cc1. The third-order valence-electron chi connectivity index (χ3n) is 3.86. The van der Waals surface area contributed by atoms with Gasteiger partial charge in [0.15, 0.2) is 0 Å². The van der Waals surface area contributed by atoms with Crippen molar-refractivity contribution in [2.45, 2.75) is 51.0 Å². The van der Waals surface area contributed by atoms with E-state index in [0.717, 1.165) is 12.8 Å². The van der Waals surface area contributed by atoms with Crippen LogP contribution in [0.2, 0.25) is 0 Å². The number of hydrogen-bond donors (Lipinski definition) is 2. The summed E-state index contributed by atoms with van der Waals surface area (Å²) in [5.41, 5.74) is 0.628. The highest BCUT2D eigenvalue weighted by molar-refractivity contribution is 5.94. The van der Waals surface area contributed by atoms with Gasteiger partial charge in [-0.25, -0.2) is 0 Å². The molecule has 1 fully saturated rings. The molecule has 1 saturated carbocycles. The van der Waals surface area contributed by atoms with Crippen molar-refractivity contribution in [1.82, 2.24) is 5.32 Å². The number of nitrogens with one attached hydrogen (secondary N) is 1. The zero-order valence-electron chi connectivity index (χ0n) is 12.7. The summed E-state index contributed by atoms with van der Waals surface area (Å²) in [7, 11) is 0. The molecule has 0 saturated heterocycles. The van der Waals surface area contributed by atoms with Crippen molar-refractivity contribution in [2.75, 3.05) is 6.61 Å². The molecular formula is C17H23NO4. The van der Waals surface area contributed by atoms with Crippen molar-refractivity contribution in [1.29, 1.82) is 0 Å². The number of carboxylic acids is 1. The third kappa shape index (κ3) is 5.39. The van der Waals surface area contributed by atoms with Crippen molar-refractivity contribution in [3.8, 4) is 5.75 Å². The molecule has 0 bridgehead atoms. The van der Waals surface area contributed by atoms with Crippen LogP contribution in [-0.2, 0) is 4.79 Å². The minimum atomic E-state index is -0.821. The number of carboxylic acid groups (broad SMARTS) is 1. The fraction of sp³-hybridized carbons (Fsp3) is 0.529. The Morgan fingerprint density at radius 2 is 1.82 bits per heavy atom. The molecule has 1 aliphatic rings. The minimum Gasteiger partial charge on any atom is -0.494 e. The predicted octanol–water partition coefficient (Wildman–Crippen LogP) is 2.99. The van der Waals surface area contributed by atoms with Crippen LogP contribution in [0.25, 0.3) is 0 Å². The van der Waals surface area contributed by atoms with Gasteiger partial charge in [0, 0.05) is 18.0 Å². The Hall–Kier alpha value is -2.04. The average Bonchev–Trinajstić information content (AvgIpc) is 2.53. The Morgan fingerprint density at radius 1 is 1.14 bits per heavy atom. The summed E-state index contributed by atoms with van der Waals surface area (Å²) in [5.74, 6) is -0.206. The Morgan fingerprint density at radius 3 is 2.45 bits per heavy atom. The van der Waals surface area contributed by atoms with E-state index < -0.39 is 5.97 Å². The summed E-state index contributed by atoms with van der Waals surface area (Å²) < 4.78 is 5.45. The van der Waals surface area contributed by atoms with E-state index in [1.54, 1.807) is 24.3 Å². The van der Waals surface area contributed by atoms with Gasteiger partial charge in [-0.2, -0.15) is 0 Å². The summed E-state index contributed by atoms with van der Waals surface area (Å²) in [5, 5.41) is 11.6. The van der Waals surface area contributed by atoms with Gasteiger partial charge in [-0.05, 0) is 43.5 Å². The number of rotatable bonds is 7. The zero-order chi connectivity index (χ0) is 15.8. The van der Waals surface area contributed by atoms with Crippen LogP contribution in [0.15, 0.2) is 24.3 Å². The number of aliphatic carboxylic acids is 1. The molecule has 0 aromatic heterocycles. The van der Waals surface area contributed by atoms with Crippen LogP contribution in [0.3, 0.4) is 0 Å². The van der Waals surface area contributed by atoms with Crippen molar-refractivity contribution in [2.24, 2.45) is 0 Å². The topological polar surface area (TPSA) is 75.6 Å². The molecule has 120 valence electrons. The summed E-state index contributed by atoms with van der Waals surface area (Å²) in [4.78, 5) is 22.5. The smallest absolute Gasteiger partial charge is 0.303 e. The normalized spacial score (nSPS) is 15.3. The van der Waals surface area contributed by atoms with Gasteiger partial charge in [-0.1, -0.05) is 19.3 Å². The summed E-state index contributed by atoms with van der Waals surface area (Å²) in [6, 6.07) is 7.27. The Labute approximate surface area is 130 Å². The van der Waals surface area contributed by atoms with Gasteiger partial charge in [0.05, 0.1) is 6.61 Å². The Bertz CT molecular complexity index is 492. The maximum Gasteiger partial charge on any atom is 0.303 e. The molecule has 1 aromatic carbocycles. The minimum absolute atomic E-state index is 0.0377. The molecule has 5 nitrogen and oxygen atoms in total. The lowest BCUT2D eigenvalue weighted by atomic mass is 9.95. The molecule has 0 unspecified atom stereocenters. The second kappa shape index (κ2) is 8.41. The first-order valence-corrected chi connectivity index (χ1v) is 7.90. The number of hydrogen-bond acceptors (Lipinski definition) is 3. The van der Waals surface area contributed by atoms with E-state index in [9.17, 15) is 9.59 Å². The standard InChI is InChI=1S/C17H23NO4/c19-16(20)7-4-12-22-15-10-8-13(9-11-15)17(21)18-14-5-2-1-3-6-14/h8-11,14H,1-7,12H2,(H,18,21)(H,19,20). The molecule has 0 radical (unpaired) electrons. The van der Waals surface area contributed by atoms with E-state index in [1.165, 1.54) is 19.3 Å². The lowest BCUT2D eigenvalue weighted by molar-refractivity contribution is -0.137. The fourth-order valence-electron chi connectivity index (χ4n) is 2.63. The van der Waals surface area contributed by atoms with Crippen molar-refractivity contribution >= 4 is 11.9 Å². The lowest BCUT2D eigenvalue weighted by Gasteiger charge is -2.22. The lowest BCUT2D eigenvalue weighted by Crippen LogP contribution is -2.36. The van der Waals surface area contributed by atoms with Crippen LogP contribution in [0.5, 0.6) is 5.75 Å². The molecule has 0 heterocycles. The molecule has 0 atom stereocenters. The second-order valence-electron chi connectivity index (χ2n) is 5.68. The molecule has 0 aliphatic heterocycles. The van der Waals surface area contributed by atoms with Gasteiger partial charge in [-0.3, -0.25) is 9.59 Å². The fourth-order valence-corrected chi connectivity index (χ4v) is 2.63. The molecule has 2 N–H and O–H groups in total. The average molecular weight is 305 g/mol. The first-order valence-electron chi connectivity index (χ1n) is 7.90. The van der Waals surface area contributed by atoms with E-state index in [4.69, 9.17) is 9.84 Å². The Kier molecular flexibility index (Phi) is 6.25. The highest BCUT2D eigenvalue weighted by Crippen LogP contribution is 2.18. The number of carbonyl (C=O) groups is 2. The van der Waals surface area contributed by atoms with E-state index in [-0.39, 0.29) is 12.3 Å². The summed E-state index contributed by atoms with van der Waals surface area (Å²) >= 11 is 0. The van der Waals surface area contributed by atoms with E-state index in [0.29, 0.717) is 30.4 Å². The van der Waals surface area contributed by atoms with Gasteiger partial charge < -0.3 is 15.2 Å². The molecule has 1 amide bonds. The van der Waals surface area contributed by atoms with E-state index >= 15 is 0 Å². The van der Waals surface area contributed by atoms with Crippen LogP contribution >= 0.6 is 0 Å². The van der Waals surface area contributed by atoms with E-state index in [2.05, 4.69) is 5.32 Å². The summed E-state index contributed by atoms with van der Waals surface area (Å²) in [6.07, 6.45) is 6.34. The second-order valence-corrected chi connectivity index (χ2v) is 5.68.